The highest BCUT2D eigenvalue weighted by Crippen LogP contribution is 2.11. The zero-order valence-corrected chi connectivity index (χ0v) is 7.23. The van der Waals surface area contributed by atoms with E-state index in [4.69, 9.17) is 5.73 Å². The van der Waals surface area contributed by atoms with Crippen molar-refractivity contribution < 1.29 is 13.6 Å². The van der Waals surface area contributed by atoms with Crippen LogP contribution in [-0.4, -0.2) is 25.4 Å². The summed E-state index contributed by atoms with van der Waals surface area (Å²) in [5.41, 5.74) is 4.25. The molecule has 0 aromatic rings. The van der Waals surface area contributed by atoms with Crippen LogP contribution in [0.4, 0.5) is 8.78 Å². The Morgan fingerprint density at radius 3 is 2.42 bits per heavy atom. The standard InChI is InChI=1S/C7H14F2N2O/c1-7(2,6(10)12)4-11-3-5(8)9/h5,11H,3-4H2,1-2H3,(H2,10,12). The van der Waals surface area contributed by atoms with Gasteiger partial charge in [0.15, 0.2) is 0 Å². The van der Waals surface area contributed by atoms with E-state index in [9.17, 15) is 13.6 Å². The minimum Gasteiger partial charge on any atom is -0.369 e. The lowest BCUT2D eigenvalue weighted by Crippen LogP contribution is -2.41. The summed E-state index contributed by atoms with van der Waals surface area (Å²) in [6.07, 6.45) is -2.39. The predicted octanol–water partition coefficient (Wildman–Crippen LogP) is 0.353. The first-order valence-corrected chi connectivity index (χ1v) is 3.65. The summed E-state index contributed by atoms with van der Waals surface area (Å²) in [5.74, 6) is -0.496. The quantitative estimate of drug-likeness (QED) is 0.641. The molecule has 1 amide bonds. The zero-order valence-electron chi connectivity index (χ0n) is 7.23. The van der Waals surface area contributed by atoms with Crippen LogP contribution in [-0.2, 0) is 4.79 Å². The Balaban J connectivity index is 3.69. The summed E-state index contributed by atoms with van der Waals surface area (Å²) < 4.78 is 23.3. The molecule has 0 saturated heterocycles. The van der Waals surface area contributed by atoms with Gasteiger partial charge in [0.05, 0.1) is 12.0 Å². The molecule has 0 rings (SSSR count). The van der Waals surface area contributed by atoms with E-state index in [0.29, 0.717) is 0 Å². The van der Waals surface area contributed by atoms with Crippen LogP contribution in [0.2, 0.25) is 0 Å². The molecule has 3 nitrogen and oxygen atoms in total. The number of rotatable bonds is 5. The zero-order chi connectivity index (χ0) is 9.78. The van der Waals surface area contributed by atoms with Gasteiger partial charge in [-0.2, -0.15) is 0 Å². The van der Waals surface area contributed by atoms with Gasteiger partial charge in [-0.25, -0.2) is 8.78 Å². The van der Waals surface area contributed by atoms with Crippen LogP contribution in [0, 0.1) is 5.41 Å². The Morgan fingerprint density at radius 1 is 1.58 bits per heavy atom. The van der Waals surface area contributed by atoms with E-state index in [1.165, 1.54) is 0 Å². The number of amides is 1. The Labute approximate surface area is 70.3 Å². The van der Waals surface area contributed by atoms with Gasteiger partial charge in [0.1, 0.15) is 0 Å². The predicted molar refractivity (Wildman–Crippen MR) is 41.8 cm³/mol. The van der Waals surface area contributed by atoms with Crippen LogP contribution in [0.5, 0.6) is 0 Å². The monoisotopic (exact) mass is 180 g/mol. The second-order valence-electron chi connectivity index (χ2n) is 3.27. The van der Waals surface area contributed by atoms with Crippen molar-refractivity contribution in [3.05, 3.63) is 0 Å². The molecule has 5 heteroatoms. The summed E-state index contributed by atoms with van der Waals surface area (Å²) in [6, 6.07) is 0. The molecule has 0 heterocycles. The second-order valence-corrected chi connectivity index (χ2v) is 3.27. The number of halogens is 2. The van der Waals surface area contributed by atoms with Crippen LogP contribution < -0.4 is 11.1 Å². The highest BCUT2D eigenvalue weighted by Gasteiger charge is 2.24. The fourth-order valence-corrected chi connectivity index (χ4v) is 0.581. The highest BCUT2D eigenvalue weighted by molar-refractivity contribution is 5.80. The molecule has 0 spiro atoms. The maximum atomic E-state index is 11.6. The van der Waals surface area contributed by atoms with Gasteiger partial charge in [0.25, 0.3) is 6.43 Å². The van der Waals surface area contributed by atoms with Crippen LogP contribution in [0.15, 0.2) is 0 Å². The van der Waals surface area contributed by atoms with Crippen molar-refractivity contribution in [1.29, 1.82) is 0 Å². The van der Waals surface area contributed by atoms with Gasteiger partial charge in [0.2, 0.25) is 5.91 Å². The number of alkyl halides is 2. The van der Waals surface area contributed by atoms with Crippen LogP contribution in [0.3, 0.4) is 0 Å². The first-order chi connectivity index (χ1) is 5.36. The topological polar surface area (TPSA) is 55.1 Å². The first-order valence-electron chi connectivity index (χ1n) is 3.65. The molecule has 0 fully saturated rings. The van der Waals surface area contributed by atoms with E-state index < -0.39 is 24.3 Å². The third-order valence-corrected chi connectivity index (χ3v) is 1.53. The molecule has 0 aromatic heterocycles. The minimum atomic E-state index is -2.39. The maximum Gasteiger partial charge on any atom is 0.250 e. The van der Waals surface area contributed by atoms with Crippen LogP contribution in [0.25, 0.3) is 0 Å². The number of carbonyl (C=O) groups excluding carboxylic acids is 1. The van der Waals surface area contributed by atoms with Gasteiger partial charge in [-0.15, -0.1) is 0 Å². The largest absolute Gasteiger partial charge is 0.369 e. The lowest BCUT2D eigenvalue weighted by Gasteiger charge is -2.20. The fraction of sp³-hybridized carbons (Fsp3) is 0.857. The molecule has 72 valence electrons. The number of primary amides is 1. The normalized spacial score (nSPS) is 12.1. The summed E-state index contributed by atoms with van der Waals surface area (Å²) in [6.45, 7) is 2.98. The third kappa shape index (κ3) is 4.23. The number of carbonyl (C=O) groups is 1. The second kappa shape index (κ2) is 4.35. The van der Waals surface area contributed by atoms with Crippen molar-refractivity contribution in [3.63, 3.8) is 0 Å². The Bertz CT molecular complexity index is 159. The van der Waals surface area contributed by atoms with Crippen molar-refractivity contribution >= 4 is 5.91 Å². The highest BCUT2D eigenvalue weighted by atomic mass is 19.3. The van der Waals surface area contributed by atoms with Gasteiger partial charge < -0.3 is 11.1 Å². The van der Waals surface area contributed by atoms with Gasteiger partial charge in [-0.05, 0) is 13.8 Å². The fourth-order valence-electron chi connectivity index (χ4n) is 0.581. The van der Waals surface area contributed by atoms with Gasteiger partial charge in [-0.1, -0.05) is 0 Å². The average Bonchev–Trinajstić information content (AvgIpc) is 1.85. The minimum absolute atomic E-state index is 0.173. The van der Waals surface area contributed by atoms with E-state index in [-0.39, 0.29) is 6.54 Å². The summed E-state index contributed by atoms with van der Waals surface area (Å²) >= 11 is 0. The van der Waals surface area contributed by atoms with Gasteiger partial charge in [0, 0.05) is 6.54 Å². The van der Waals surface area contributed by atoms with E-state index in [1.807, 2.05) is 0 Å². The lowest BCUT2D eigenvalue weighted by molar-refractivity contribution is -0.125. The van der Waals surface area contributed by atoms with E-state index in [2.05, 4.69) is 5.32 Å². The molecule has 12 heavy (non-hydrogen) atoms. The Morgan fingerprint density at radius 2 is 2.08 bits per heavy atom. The maximum absolute atomic E-state index is 11.6. The van der Waals surface area contributed by atoms with Crippen LogP contribution in [0.1, 0.15) is 13.8 Å². The molecular formula is C7H14F2N2O. The number of nitrogens with two attached hydrogens (primary N) is 1. The van der Waals surface area contributed by atoms with Gasteiger partial charge >= 0.3 is 0 Å². The molecule has 0 aliphatic heterocycles. The van der Waals surface area contributed by atoms with Gasteiger partial charge in [-0.3, -0.25) is 4.79 Å². The summed E-state index contributed by atoms with van der Waals surface area (Å²) in [5, 5.41) is 2.46. The molecule has 0 bridgehead atoms. The molecule has 0 aliphatic rings. The van der Waals surface area contributed by atoms with E-state index >= 15 is 0 Å². The van der Waals surface area contributed by atoms with Crippen molar-refractivity contribution in [2.24, 2.45) is 11.1 Å². The van der Waals surface area contributed by atoms with E-state index in [0.717, 1.165) is 0 Å². The smallest absolute Gasteiger partial charge is 0.250 e. The number of nitrogens with one attached hydrogen (secondary N) is 1. The molecule has 0 aromatic carbocycles. The SMILES string of the molecule is CC(C)(CNCC(F)F)C(N)=O. The number of hydrogen-bond donors (Lipinski definition) is 2. The molecule has 0 unspecified atom stereocenters. The molecule has 0 radical (unpaired) electrons. The summed E-state index contributed by atoms with van der Waals surface area (Å²) in [7, 11) is 0. The van der Waals surface area contributed by atoms with Crippen molar-refractivity contribution in [1.82, 2.24) is 5.32 Å². The average molecular weight is 180 g/mol. The molecule has 0 atom stereocenters. The molecule has 3 N–H and O–H groups in total. The lowest BCUT2D eigenvalue weighted by atomic mass is 9.93. The number of hydrogen-bond acceptors (Lipinski definition) is 2. The molecule has 0 saturated carbocycles. The Kier molecular flexibility index (Phi) is 4.09. The van der Waals surface area contributed by atoms with Crippen LogP contribution >= 0.6 is 0 Å². The first kappa shape index (κ1) is 11.3. The summed E-state index contributed by atoms with van der Waals surface area (Å²) in [4.78, 5) is 10.7. The van der Waals surface area contributed by atoms with Crippen molar-refractivity contribution in [2.75, 3.05) is 13.1 Å². The molecular weight excluding hydrogens is 166 g/mol. The van der Waals surface area contributed by atoms with E-state index in [1.54, 1.807) is 13.8 Å². The van der Waals surface area contributed by atoms with Crippen molar-refractivity contribution in [2.45, 2.75) is 20.3 Å². The molecule has 0 aliphatic carbocycles. The van der Waals surface area contributed by atoms with Crippen molar-refractivity contribution in [3.8, 4) is 0 Å². The Hall–Kier alpha value is -0.710. The third-order valence-electron chi connectivity index (χ3n) is 1.53.